The first-order chi connectivity index (χ1) is 20.2. The number of rotatable bonds is 9. The maximum Gasteiger partial charge on any atom is 0.341 e. The molecular formula is C32H34N2O7S. The van der Waals surface area contributed by atoms with Gasteiger partial charge in [0.05, 0.1) is 10.6 Å². The van der Waals surface area contributed by atoms with E-state index in [0.717, 1.165) is 49.3 Å². The van der Waals surface area contributed by atoms with Crippen molar-refractivity contribution < 1.29 is 32.6 Å². The molecule has 3 aromatic rings. The monoisotopic (exact) mass is 590 g/mol. The minimum atomic E-state index is -3.59. The number of anilines is 1. The molecule has 0 aliphatic carbocycles. The molecule has 0 saturated carbocycles. The van der Waals surface area contributed by atoms with E-state index >= 15 is 0 Å². The van der Waals surface area contributed by atoms with Crippen molar-refractivity contribution >= 4 is 33.5 Å². The minimum Gasteiger partial charge on any atom is -0.482 e. The molecule has 0 atom stereocenters. The Hall–Kier alpha value is -3.99. The fourth-order valence-corrected chi connectivity index (χ4v) is 6.71. The van der Waals surface area contributed by atoms with Gasteiger partial charge >= 0.3 is 5.97 Å². The average Bonchev–Trinajstić information content (AvgIpc) is 3.13. The van der Waals surface area contributed by atoms with E-state index in [-0.39, 0.29) is 23.0 Å². The molecule has 2 heterocycles. The predicted octanol–water partition coefficient (Wildman–Crippen LogP) is 4.63. The molecule has 0 spiro atoms. The fraction of sp³-hybridized carbons (Fsp3) is 0.312. The number of nitrogens with zero attached hydrogens (tertiary/aromatic N) is 1. The van der Waals surface area contributed by atoms with E-state index in [4.69, 9.17) is 14.6 Å². The van der Waals surface area contributed by atoms with Gasteiger partial charge in [-0.2, -0.15) is 0 Å². The zero-order chi connectivity index (χ0) is 29.7. The summed E-state index contributed by atoms with van der Waals surface area (Å²) >= 11 is 0. The molecule has 2 aliphatic heterocycles. The van der Waals surface area contributed by atoms with Gasteiger partial charge in [-0.25, -0.2) is 13.2 Å². The van der Waals surface area contributed by atoms with Crippen molar-refractivity contribution in [2.75, 3.05) is 37.9 Å². The molecule has 0 aromatic heterocycles. The number of hydrogen-bond acceptors (Lipinski definition) is 7. The number of carboxylic acid groups (broad SMARTS) is 1. The van der Waals surface area contributed by atoms with Crippen molar-refractivity contribution in [3.05, 3.63) is 83.4 Å². The van der Waals surface area contributed by atoms with E-state index in [1.165, 1.54) is 0 Å². The van der Waals surface area contributed by atoms with Crippen LogP contribution in [0.3, 0.4) is 0 Å². The van der Waals surface area contributed by atoms with Crippen LogP contribution in [0.15, 0.2) is 77.2 Å². The third-order valence-corrected chi connectivity index (χ3v) is 9.40. The third-order valence-electron chi connectivity index (χ3n) is 7.61. The highest BCUT2D eigenvalue weighted by Gasteiger charge is 2.25. The summed E-state index contributed by atoms with van der Waals surface area (Å²) in [6.07, 6.45) is 3.80. The summed E-state index contributed by atoms with van der Waals surface area (Å²) in [5, 5.41) is 11.7. The number of benzene rings is 3. The number of sulfone groups is 1. The normalized spacial score (nSPS) is 16.7. The highest BCUT2D eigenvalue weighted by atomic mass is 32.2. The van der Waals surface area contributed by atoms with Crippen LogP contribution in [0.4, 0.5) is 5.69 Å². The Morgan fingerprint density at radius 1 is 1.00 bits per heavy atom. The number of carbonyl (C=O) groups excluding carboxylic acids is 1. The topological polar surface area (TPSA) is 122 Å². The molecule has 2 N–H and O–H groups in total. The first kappa shape index (κ1) is 29.5. The lowest BCUT2D eigenvalue weighted by molar-refractivity contribution is -0.139. The van der Waals surface area contributed by atoms with Crippen LogP contribution in [-0.4, -0.2) is 69.0 Å². The molecule has 0 bridgehead atoms. The van der Waals surface area contributed by atoms with Crippen LogP contribution in [0.25, 0.3) is 17.2 Å². The smallest absolute Gasteiger partial charge is 0.341 e. The molecule has 42 heavy (non-hydrogen) atoms. The Balaban J connectivity index is 1.30. The van der Waals surface area contributed by atoms with Gasteiger partial charge in [-0.15, -0.1) is 0 Å². The first-order valence-electron chi connectivity index (χ1n) is 13.9. The van der Waals surface area contributed by atoms with Crippen molar-refractivity contribution in [1.82, 2.24) is 4.90 Å². The summed E-state index contributed by atoms with van der Waals surface area (Å²) in [6.45, 7) is 1.95. The van der Waals surface area contributed by atoms with Crippen LogP contribution in [0, 0.1) is 0 Å². The fourth-order valence-electron chi connectivity index (χ4n) is 5.25. The highest BCUT2D eigenvalue weighted by molar-refractivity contribution is 7.91. The number of aliphatic carboxylic acids is 1. The second-order valence-electron chi connectivity index (χ2n) is 10.6. The van der Waals surface area contributed by atoms with Gasteiger partial charge in [0, 0.05) is 37.1 Å². The summed E-state index contributed by atoms with van der Waals surface area (Å²) < 4.78 is 36.7. The quantitative estimate of drug-likeness (QED) is 0.370. The van der Waals surface area contributed by atoms with Crippen molar-refractivity contribution in [1.29, 1.82) is 0 Å². The Morgan fingerprint density at radius 2 is 1.69 bits per heavy atom. The van der Waals surface area contributed by atoms with Gasteiger partial charge < -0.3 is 19.9 Å². The summed E-state index contributed by atoms with van der Waals surface area (Å²) in [5.41, 5.74) is 4.18. The molecule has 9 nitrogen and oxygen atoms in total. The van der Waals surface area contributed by atoms with Crippen LogP contribution >= 0.6 is 0 Å². The van der Waals surface area contributed by atoms with E-state index < -0.39 is 22.4 Å². The van der Waals surface area contributed by atoms with E-state index in [2.05, 4.69) is 17.3 Å². The molecule has 220 valence electrons. The van der Waals surface area contributed by atoms with Crippen molar-refractivity contribution in [2.24, 2.45) is 0 Å². The van der Waals surface area contributed by atoms with E-state index in [1.54, 1.807) is 48.5 Å². The molecule has 0 radical (unpaired) electrons. The number of ether oxygens (including phenoxy) is 2. The SMILES string of the molecule is CN(Cc1ccc(NC(=O)C2=Cc3cc(-c4ccc(OCC(=O)O)cc4)ccc3S(=O)(=O)CC2)cc1)C1CCOCC1. The predicted molar refractivity (Wildman–Crippen MR) is 160 cm³/mol. The molecule has 5 rings (SSSR count). The molecule has 10 heteroatoms. The molecule has 1 fully saturated rings. The standard InChI is InChI=1S/C32H34N2O7S/c1-34(28-12-15-40-16-13-28)20-22-2-7-27(8-3-22)33-32(37)25-14-17-42(38,39)30-11-6-24(18-26(30)19-25)23-4-9-29(10-5-23)41-21-31(35)36/h2-11,18-19,28H,12-17,20-21H2,1H3,(H,33,37)(H,35,36). The second-order valence-corrected chi connectivity index (χ2v) is 12.7. The van der Waals surface area contributed by atoms with Gasteiger partial charge in [-0.1, -0.05) is 30.3 Å². The summed E-state index contributed by atoms with van der Waals surface area (Å²) in [7, 11) is -1.47. The maximum absolute atomic E-state index is 13.3. The van der Waals surface area contributed by atoms with Gasteiger partial charge in [-0.05, 0) is 91.0 Å². The molecule has 1 saturated heterocycles. The summed E-state index contributed by atoms with van der Waals surface area (Å²) in [4.78, 5) is 26.5. The second kappa shape index (κ2) is 12.9. The van der Waals surface area contributed by atoms with Gasteiger partial charge in [0.1, 0.15) is 5.75 Å². The van der Waals surface area contributed by atoms with E-state index in [9.17, 15) is 18.0 Å². The van der Waals surface area contributed by atoms with Gasteiger partial charge in [0.25, 0.3) is 5.91 Å². The van der Waals surface area contributed by atoms with Crippen LogP contribution < -0.4 is 10.1 Å². The Bertz CT molecular complexity index is 1580. The van der Waals surface area contributed by atoms with Gasteiger partial charge in [0.15, 0.2) is 16.4 Å². The van der Waals surface area contributed by atoms with Gasteiger partial charge in [-0.3, -0.25) is 9.69 Å². The number of hydrogen-bond donors (Lipinski definition) is 2. The van der Waals surface area contributed by atoms with Gasteiger partial charge in [0.2, 0.25) is 0 Å². The lowest BCUT2D eigenvalue weighted by Gasteiger charge is -2.31. The summed E-state index contributed by atoms with van der Waals surface area (Å²) in [6, 6.07) is 20.1. The number of carbonyl (C=O) groups is 2. The first-order valence-corrected chi connectivity index (χ1v) is 15.5. The van der Waals surface area contributed by atoms with E-state index in [1.807, 2.05) is 24.3 Å². The Labute approximate surface area is 245 Å². The average molecular weight is 591 g/mol. The zero-order valence-corrected chi connectivity index (χ0v) is 24.2. The van der Waals surface area contributed by atoms with Crippen molar-refractivity contribution in [3.63, 3.8) is 0 Å². The van der Waals surface area contributed by atoms with Crippen LogP contribution in [0.5, 0.6) is 5.75 Å². The van der Waals surface area contributed by atoms with Crippen LogP contribution in [0.2, 0.25) is 0 Å². The number of carboxylic acids is 1. The molecule has 2 aliphatic rings. The number of fused-ring (bicyclic) bond motifs is 1. The van der Waals surface area contributed by atoms with Crippen LogP contribution in [-0.2, 0) is 30.7 Å². The lowest BCUT2D eigenvalue weighted by atomic mass is 10.0. The zero-order valence-electron chi connectivity index (χ0n) is 23.4. The minimum absolute atomic E-state index is 0.0990. The lowest BCUT2D eigenvalue weighted by Crippen LogP contribution is -2.36. The van der Waals surface area contributed by atoms with E-state index in [0.29, 0.717) is 28.6 Å². The number of amides is 1. The van der Waals surface area contributed by atoms with Crippen LogP contribution in [0.1, 0.15) is 30.4 Å². The molecule has 1 amide bonds. The Kier molecular flexibility index (Phi) is 9.06. The maximum atomic E-state index is 13.3. The highest BCUT2D eigenvalue weighted by Crippen LogP contribution is 2.32. The molecule has 3 aromatic carbocycles. The van der Waals surface area contributed by atoms with Crippen molar-refractivity contribution in [2.45, 2.75) is 36.7 Å². The van der Waals surface area contributed by atoms with Crippen molar-refractivity contribution in [3.8, 4) is 16.9 Å². The third kappa shape index (κ3) is 7.25. The summed E-state index contributed by atoms with van der Waals surface area (Å²) in [5.74, 6) is -1.15. The molecular weight excluding hydrogens is 556 g/mol. The molecule has 0 unspecified atom stereocenters. The largest absolute Gasteiger partial charge is 0.482 e. The Morgan fingerprint density at radius 3 is 2.38 bits per heavy atom. The number of nitrogens with one attached hydrogen (secondary N) is 1.